The molecule has 2 aliphatic rings. The van der Waals surface area contributed by atoms with E-state index in [1.165, 1.54) is 38.9 Å². The molecule has 0 bridgehead atoms. The van der Waals surface area contributed by atoms with Gasteiger partial charge in [0.2, 0.25) is 0 Å². The zero-order valence-corrected chi connectivity index (χ0v) is 12.7. The molecule has 3 nitrogen and oxygen atoms in total. The first kappa shape index (κ1) is 14.3. The minimum atomic E-state index is 0.284. The minimum absolute atomic E-state index is 0.284. The van der Waals surface area contributed by atoms with Crippen LogP contribution in [-0.2, 0) is 0 Å². The summed E-state index contributed by atoms with van der Waals surface area (Å²) in [6.45, 7) is 11.5. The lowest BCUT2D eigenvalue weighted by Gasteiger charge is -2.53. The molecule has 3 unspecified atom stereocenters. The van der Waals surface area contributed by atoms with E-state index in [4.69, 9.17) is 5.73 Å². The van der Waals surface area contributed by atoms with Gasteiger partial charge in [-0.05, 0) is 45.1 Å². The molecule has 1 aliphatic carbocycles. The van der Waals surface area contributed by atoms with Crippen LogP contribution in [0.1, 0.15) is 40.0 Å². The van der Waals surface area contributed by atoms with E-state index in [1.807, 2.05) is 0 Å². The molecule has 0 aromatic rings. The summed E-state index contributed by atoms with van der Waals surface area (Å²) < 4.78 is 0. The number of likely N-dealkylation sites (N-methyl/N-ethyl adjacent to an activating group) is 1. The fourth-order valence-electron chi connectivity index (χ4n) is 4.27. The van der Waals surface area contributed by atoms with Crippen molar-refractivity contribution < 1.29 is 0 Å². The van der Waals surface area contributed by atoms with Crippen molar-refractivity contribution in [3.8, 4) is 0 Å². The van der Waals surface area contributed by atoms with Gasteiger partial charge in [0, 0.05) is 37.8 Å². The van der Waals surface area contributed by atoms with Gasteiger partial charge in [0.1, 0.15) is 0 Å². The van der Waals surface area contributed by atoms with Crippen molar-refractivity contribution in [2.75, 3.05) is 33.2 Å². The maximum atomic E-state index is 6.22. The zero-order chi connectivity index (χ0) is 13.3. The third kappa shape index (κ3) is 2.73. The summed E-state index contributed by atoms with van der Waals surface area (Å²) in [5, 5.41) is 0. The molecule has 0 radical (unpaired) electrons. The van der Waals surface area contributed by atoms with Crippen molar-refractivity contribution in [1.82, 2.24) is 9.80 Å². The smallest absolute Gasteiger partial charge is 0.0338 e. The molecule has 3 atom stereocenters. The first-order chi connectivity index (χ1) is 8.47. The van der Waals surface area contributed by atoms with E-state index >= 15 is 0 Å². The molecule has 1 saturated heterocycles. The van der Waals surface area contributed by atoms with Crippen LogP contribution >= 0.6 is 0 Å². The van der Waals surface area contributed by atoms with Crippen molar-refractivity contribution in [1.29, 1.82) is 0 Å². The van der Waals surface area contributed by atoms with Crippen LogP contribution in [0, 0.1) is 11.8 Å². The summed E-state index contributed by atoms with van der Waals surface area (Å²) in [6.07, 6.45) is 3.97. The largest absolute Gasteiger partial charge is 0.329 e. The third-order valence-electron chi connectivity index (χ3n) is 5.27. The van der Waals surface area contributed by atoms with Crippen molar-refractivity contribution in [3.05, 3.63) is 0 Å². The number of rotatable bonds is 2. The first-order valence-electron chi connectivity index (χ1n) is 7.62. The van der Waals surface area contributed by atoms with E-state index in [-0.39, 0.29) is 5.54 Å². The van der Waals surface area contributed by atoms with Gasteiger partial charge in [0.15, 0.2) is 0 Å². The second-order valence-corrected chi connectivity index (χ2v) is 7.06. The van der Waals surface area contributed by atoms with E-state index in [0.29, 0.717) is 6.04 Å². The number of piperazine rings is 1. The fourth-order valence-corrected chi connectivity index (χ4v) is 4.27. The normalized spacial score (nSPS) is 44.2. The van der Waals surface area contributed by atoms with E-state index < -0.39 is 0 Å². The summed E-state index contributed by atoms with van der Waals surface area (Å²) in [6, 6.07) is 0.662. The van der Waals surface area contributed by atoms with Gasteiger partial charge in [-0.2, -0.15) is 0 Å². The molecule has 0 spiro atoms. The van der Waals surface area contributed by atoms with Crippen LogP contribution in [0.25, 0.3) is 0 Å². The molecule has 1 heterocycles. The number of hydrogen-bond donors (Lipinski definition) is 1. The average molecular weight is 253 g/mol. The van der Waals surface area contributed by atoms with E-state index in [1.54, 1.807) is 0 Å². The maximum Gasteiger partial charge on any atom is 0.0338 e. The highest BCUT2D eigenvalue weighted by molar-refractivity contribution is 5.00. The van der Waals surface area contributed by atoms with Crippen LogP contribution in [0.5, 0.6) is 0 Å². The lowest BCUT2D eigenvalue weighted by molar-refractivity contribution is -0.0247. The van der Waals surface area contributed by atoms with Gasteiger partial charge in [-0.15, -0.1) is 0 Å². The number of hydrogen-bond acceptors (Lipinski definition) is 3. The van der Waals surface area contributed by atoms with Crippen molar-refractivity contribution >= 4 is 0 Å². The highest BCUT2D eigenvalue weighted by Crippen LogP contribution is 2.40. The van der Waals surface area contributed by atoms with Crippen LogP contribution in [0.4, 0.5) is 0 Å². The summed E-state index contributed by atoms with van der Waals surface area (Å²) >= 11 is 0. The molecular formula is C15H31N3. The topological polar surface area (TPSA) is 32.5 Å². The summed E-state index contributed by atoms with van der Waals surface area (Å²) in [5.74, 6) is 1.65. The lowest BCUT2D eigenvalue weighted by atomic mass is 9.70. The molecule has 106 valence electrons. The molecule has 2 N–H and O–H groups in total. The second-order valence-electron chi connectivity index (χ2n) is 7.06. The molecule has 1 saturated carbocycles. The van der Waals surface area contributed by atoms with Crippen LogP contribution in [0.15, 0.2) is 0 Å². The Bertz CT molecular complexity index is 269. The summed E-state index contributed by atoms with van der Waals surface area (Å²) in [7, 11) is 2.24. The minimum Gasteiger partial charge on any atom is -0.329 e. The first-order valence-corrected chi connectivity index (χ1v) is 7.62. The van der Waals surface area contributed by atoms with Gasteiger partial charge in [-0.1, -0.05) is 13.8 Å². The Hall–Kier alpha value is -0.120. The predicted molar refractivity (Wildman–Crippen MR) is 77.6 cm³/mol. The Balaban J connectivity index is 2.11. The lowest BCUT2D eigenvalue weighted by Crippen LogP contribution is -2.63. The Labute approximate surface area is 113 Å². The highest BCUT2D eigenvalue weighted by atomic mass is 15.3. The standard InChI is InChI=1S/C15H31N3/c1-12-7-13(2)9-15(8-12,11-16)18-6-5-17(4)14(3)10-18/h12-14H,5-11,16H2,1-4H3. The highest BCUT2D eigenvalue weighted by Gasteiger charge is 2.43. The molecule has 18 heavy (non-hydrogen) atoms. The molecular weight excluding hydrogens is 222 g/mol. The molecule has 2 rings (SSSR count). The predicted octanol–water partition coefficient (Wildman–Crippen LogP) is 1.78. The van der Waals surface area contributed by atoms with E-state index in [9.17, 15) is 0 Å². The maximum absolute atomic E-state index is 6.22. The van der Waals surface area contributed by atoms with Gasteiger partial charge in [0.25, 0.3) is 0 Å². The quantitative estimate of drug-likeness (QED) is 0.814. The SMILES string of the molecule is CC1CC(C)CC(CN)(N2CCN(C)C(C)C2)C1. The Morgan fingerprint density at radius 2 is 1.72 bits per heavy atom. The monoisotopic (exact) mass is 253 g/mol. The van der Waals surface area contributed by atoms with Gasteiger partial charge in [-0.25, -0.2) is 0 Å². The van der Waals surface area contributed by atoms with Crippen molar-refractivity contribution in [2.45, 2.75) is 51.6 Å². The molecule has 0 aromatic carbocycles. The molecule has 0 amide bonds. The summed E-state index contributed by atoms with van der Waals surface area (Å²) in [5.41, 5.74) is 6.50. The van der Waals surface area contributed by atoms with Gasteiger partial charge in [-0.3, -0.25) is 4.90 Å². The Morgan fingerprint density at radius 1 is 1.11 bits per heavy atom. The number of nitrogens with two attached hydrogens (primary N) is 1. The third-order valence-corrected chi connectivity index (χ3v) is 5.27. The van der Waals surface area contributed by atoms with Gasteiger partial charge in [0.05, 0.1) is 0 Å². The van der Waals surface area contributed by atoms with Crippen LogP contribution < -0.4 is 5.73 Å². The van der Waals surface area contributed by atoms with Crippen LogP contribution in [0.2, 0.25) is 0 Å². The average Bonchev–Trinajstić information content (AvgIpc) is 2.31. The molecule has 0 aromatic heterocycles. The summed E-state index contributed by atoms with van der Waals surface area (Å²) in [4.78, 5) is 5.18. The fraction of sp³-hybridized carbons (Fsp3) is 1.00. The van der Waals surface area contributed by atoms with Crippen LogP contribution in [-0.4, -0.2) is 54.6 Å². The second kappa shape index (κ2) is 5.48. The Morgan fingerprint density at radius 3 is 2.22 bits per heavy atom. The zero-order valence-electron chi connectivity index (χ0n) is 12.7. The Kier molecular flexibility index (Phi) is 4.35. The number of nitrogens with zero attached hydrogens (tertiary/aromatic N) is 2. The molecule has 3 heteroatoms. The van der Waals surface area contributed by atoms with Gasteiger partial charge < -0.3 is 10.6 Å². The van der Waals surface area contributed by atoms with E-state index in [0.717, 1.165) is 18.4 Å². The van der Waals surface area contributed by atoms with Crippen molar-refractivity contribution in [3.63, 3.8) is 0 Å². The van der Waals surface area contributed by atoms with Crippen LogP contribution in [0.3, 0.4) is 0 Å². The van der Waals surface area contributed by atoms with E-state index in [2.05, 4.69) is 37.6 Å². The van der Waals surface area contributed by atoms with Crippen molar-refractivity contribution in [2.24, 2.45) is 17.6 Å². The molecule has 1 aliphatic heterocycles. The van der Waals surface area contributed by atoms with Gasteiger partial charge >= 0.3 is 0 Å². The molecule has 2 fully saturated rings.